The summed E-state index contributed by atoms with van der Waals surface area (Å²) in [7, 11) is 0. The van der Waals surface area contributed by atoms with Gasteiger partial charge in [-0.15, -0.1) is 0 Å². The van der Waals surface area contributed by atoms with Crippen molar-refractivity contribution < 1.29 is 29.9 Å². The molecule has 0 radical (unpaired) electrons. The van der Waals surface area contributed by atoms with Crippen molar-refractivity contribution in [2.75, 3.05) is 6.61 Å². The Balaban J connectivity index is 1.85. The van der Waals surface area contributed by atoms with Gasteiger partial charge in [-0.1, -0.05) is 15.9 Å². The van der Waals surface area contributed by atoms with E-state index in [9.17, 15) is 20.4 Å². The summed E-state index contributed by atoms with van der Waals surface area (Å²) >= 11 is 3.37. The maximum Gasteiger partial charge on any atom is 0.229 e. The van der Waals surface area contributed by atoms with Crippen LogP contribution >= 0.6 is 15.9 Å². The SMILES string of the molecule is OC[C@@H]1O[C@@H](Oc2c[nH]c3ccc(Br)cc23)[C@@H](O)[C@@H](O)[C@H]1O. The molecule has 1 aliphatic rings. The minimum Gasteiger partial charge on any atom is -0.460 e. The maximum absolute atomic E-state index is 9.99. The van der Waals surface area contributed by atoms with E-state index in [0.717, 1.165) is 15.4 Å². The molecular formula is C14H16BrNO6. The van der Waals surface area contributed by atoms with Gasteiger partial charge in [-0.05, 0) is 18.2 Å². The van der Waals surface area contributed by atoms with Gasteiger partial charge in [-0.2, -0.15) is 0 Å². The van der Waals surface area contributed by atoms with Crippen molar-refractivity contribution in [1.29, 1.82) is 0 Å². The molecule has 7 nitrogen and oxygen atoms in total. The molecule has 1 saturated heterocycles. The van der Waals surface area contributed by atoms with Gasteiger partial charge >= 0.3 is 0 Å². The molecule has 0 aliphatic carbocycles. The van der Waals surface area contributed by atoms with Crippen LogP contribution < -0.4 is 4.74 Å². The summed E-state index contributed by atoms with van der Waals surface area (Å²) in [6.45, 7) is -0.496. The highest BCUT2D eigenvalue weighted by atomic mass is 79.9. The van der Waals surface area contributed by atoms with E-state index >= 15 is 0 Å². The summed E-state index contributed by atoms with van der Waals surface area (Å²) in [6, 6.07) is 5.57. The summed E-state index contributed by atoms with van der Waals surface area (Å²) < 4.78 is 11.8. The van der Waals surface area contributed by atoms with Gasteiger partial charge in [0.15, 0.2) is 0 Å². The van der Waals surface area contributed by atoms with Crippen molar-refractivity contribution in [3.8, 4) is 5.75 Å². The molecule has 0 saturated carbocycles. The summed E-state index contributed by atoms with van der Waals surface area (Å²) in [5, 5.41) is 39.4. The van der Waals surface area contributed by atoms with Crippen LogP contribution in [-0.2, 0) is 4.74 Å². The number of rotatable bonds is 3. The molecule has 5 atom stereocenters. The van der Waals surface area contributed by atoms with Crippen molar-refractivity contribution in [2.45, 2.75) is 30.7 Å². The summed E-state index contributed by atoms with van der Waals surface area (Å²) in [4.78, 5) is 3.02. The molecule has 1 fully saturated rings. The second-order valence-corrected chi connectivity index (χ2v) is 6.07. The minimum atomic E-state index is -1.46. The third-order valence-corrected chi connectivity index (χ3v) is 4.19. The largest absolute Gasteiger partial charge is 0.460 e. The number of halogens is 1. The van der Waals surface area contributed by atoms with Gasteiger partial charge in [0.05, 0.1) is 6.61 Å². The number of aliphatic hydroxyl groups excluding tert-OH is 4. The number of hydrogen-bond donors (Lipinski definition) is 5. The van der Waals surface area contributed by atoms with E-state index in [0.29, 0.717) is 5.75 Å². The van der Waals surface area contributed by atoms with Crippen molar-refractivity contribution in [1.82, 2.24) is 4.98 Å². The lowest BCUT2D eigenvalue weighted by Gasteiger charge is -2.39. The third kappa shape index (κ3) is 2.73. The van der Waals surface area contributed by atoms with E-state index < -0.39 is 37.3 Å². The van der Waals surface area contributed by atoms with Gasteiger partial charge in [-0.25, -0.2) is 0 Å². The van der Waals surface area contributed by atoms with Crippen molar-refractivity contribution in [3.63, 3.8) is 0 Å². The van der Waals surface area contributed by atoms with Crippen LogP contribution in [0.4, 0.5) is 0 Å². The van der Waals surface area contributed by atoms with Crippen LogP contribution in [0.3, 0.4) is 0 Å². The number of aliphatic hydroxyl groups is 4. The van der Waals surface area contributed by atoms with E-state index in [1.165, 1.54) is 0 Å². The van der Waals surface area contributed by atoms with E-state index in [4.69, 9.17) is 9.47 Å². The highest BCUT2D eigenvalue weighted by Crippen LogP contribution is 2.31. The van der Waals surface area contributed by atoms with Crippen LogP contribution in [0.15, 0.2) is 28.9 Å². The fraction of sp³-hybridized carbons (Fsp3) is 0.429. The Morgan fingerprint density at radius 3 is 2.68 bits per heavy atom. The highest BCUT2D eigenvalue weighted by Gasteiger charge is 2.44. The molecule has 22 heavy (non-hydrogen) atoms. The topological polar surface area (TPSA) is 115 Å². The van der Waals surface area contributed by atoms with E-state index in [-0.39, 0.29) is 0 Å². The molecule has 0 bridgehead atoms. The first kappa shape index (κ1) is 15.7. The predicted octanol–water partition coefficient (Wildman–Crippen LogP) is 0.109. The lowest BCUT2D eigenvalue weighted by atomic mass is 9.99. The lowest BCUT2D eigenvalue weighted by molar-refractivity contribution is -0.277. The molecule has 0 unspecified atom stereocenters. The fourth-order valence-electron chi connectivity index (χ4n) is 2.45. The number of aromatic amines is 1. The molecule has 2 heterocycles. The monoisotopic (exact) mass is 373 g/mol. The normalized spacial score (nSPS) is 32.3. The maximum atomic E-state index is 9.99. The zero-order valence-corrected chi connectivity index (χ0v) is 13.0. The average molecular weight is 374 g/mol. The lowest BCUT2D eigenvalue weighted by Crippen LogP contribution is -2.60. The quantitative estimate of drug-likeness (QED) is 0.521. The average Bonchev–Trinajstić information content (AvgIpc) is 2.90. The van der Waals surface area contributed by atoms with Crippen LogP contribution in [0.5, 0.6) is 5.75 Å². The van der Waals surface area contributed by atoms with Crippen molar-refractivity contribution in [2.24, 2.45) is 0 Å². The van der Waals surface area contributed by atoms with E-state index in [2.05, 4.69) is 20.9 Å². The molecule has 0 amide bonds. The molecular weight excluding hydrogens is 358 g/mol. The number of aromatic nitrogens is 1. The molecule has 0 spiro atoms. The first-order valence-electron chi connectivity index (χ1n) is 6.75. The standard InChI is InChI=1S/C14H16BrNO6/c15-6-1-2-8-7(3-6)9(4-16-8)21-14-13(20)12(19)11(18)10(5-17)22-14/h1-4,10-14,16-20H,5H2/t10-,11-,12-,13-,14+/m0/s1. The third-order valence-electron chi connectivity index (χ3n) is 3.70. The summed E-state index contributed by atoms with van der Waals surface area (Å²) in [5.74, 6) is 0.431. The number of H-pyrrole nitrogens is 1. The molecule has 1 aromatic heterocycles. The minimum absolute atomic E-state index is 0.431. The zero-order chi connectivity index (χ0) is 15.9. The van der Waals surface area contributed by atoms with Crippen LogP contribution in [0.1, 0.15) is 0 Å². The van der Waals surface area contributed by atoms with E-state index in [1.54, 1.807) is 6.20 Å². The van der Waals surface area contributed by atoms with Gasteiger partial charge in [0.1, 0.15) is 30.2 Å². The molecule has 8 heteroatoms. The second-order valence-electron chi connectivity index (χ2n) is 5.16. The highest BCUT2D eigenvalue weighted by molar-refractivity contribution is 9.10. The molecule has 120 valence electrons. The Morgan fingerprint density at radius 1 is 1.18 bits per heavy atom. The number of fused-ring (bicyclic) bond motifs is 1. The number of hydrogen-bond acceptors (Lipinski definition) is 6. The Kier molecular flexibility index (Phi) is 4.40. The molecule has 1 aromatic carbocycles. The smallest absolute Gasteiger partial charge is 0.229 e. The number of ether oxygens (including phenoxy) is 2. The van der Waals surface area contributed by atoms with Crippen molar-refractivity contribution in [3.05, 3.63) is 28.9 Å². The zero-order valence-electron chi connectivity index (χ0n) is 11.4. The first-order chi connectivity index (χ1) is 10.5. The van der Waals surface area contributed by atoms with E-state index in [1.807, 2.05) is 18.2 Å². The summed E-state index contributed by atoms with van der Waals surface area (Å²) in [5.41, 5.74) is 0.836. The summed E-state index contributed by atoms with van der Waals surface area (Å²) in [6.07, 6.45) is -4.90. The van der Waals surface area contributed by atoms with Gasteiger partial charge in [-0.3, -0.25) is 0 Å². The first-order valence-corrected chi connectivity index (χ1v) is 7.54. The Morgan fingerprint density at radius 2 is 1.95 bits per heavy atom. The van der Waals surface area contributed by atoms with Crippen LogP contribution in [0.25, 0.3) is 10.9 Å². The Labute approximate surface area is 134 Å². The van der Waals surface area contributed by atoms with Crippen molar-refractivity contribution >= 4 is 26.8 Å². The second kappa shape index (κ2) is 6.15. The Bertz CT molecular complexity index is 660. The van der Waals surface area contributed by atoms with Gasteiger partial charge < -0.3 is 34.9 Å². The fourth-order valence-corrected chi connectivity index (χ4v) is 2.82. The van der Waals surface area contributed by atoms with Gasteiger partial charge in [0.25, 0.3) is 0 Å². The van der Waals surface area contributed by atoms with Gasteiger partial charge in [0.2, 0.25) is 6.29 Å². The number of benzene rings is 1. The molecule has 5 N–H and O–H groups in total. The predicted molar refractivity (Wildman–Crippen MR) is 80.4 cm³/mol. The van der Waals surface area contributed by atoms with Crippen LogP contribution in [0, 0.1) is 0 Å². The van der Waals surface area contributed by atoms with Crippen LogP contribution in [0.2, 0.25) is 0 Å². The molecule has 2 aromatic rings. The van der Waals surface area contributed by atoms with Gasteiger partial charge in [0, 0.05) is 21.6 Å². The molecule has 3 rings (SSSR count). The van der Waals surface area contributed by atoms with Crippen LogP contribution in [-0.4, -0.2) is 62.7 Å². The molecule has 1 aliphatic heterocycles. The Hall–Kier alpha value is -1.16. The number of nitrogens with one attached hydrogen (secondary N) is 1.